The fraction of sp³-hybridized carbons (Fsp3) is 0.429. The molecule has 0 unspecified atom stereocenters. The zero-order chi connectivity index (χ0) is 20.0. The Morgan fingerprint density at radius 2 is 1.81 bits per heavy atom. The summed E-state index contributed by atoms with van der Waals surface area (Å²) in [4.78, 5) is 26.5. The van der Waals surface area contributed by atoms with E-state index in [4.69, 9.17) is 17.3 Å². The van der Waals surface area contributed by atoms with Crippen LogP contribution in [0.3, 0.4) is 0 Å². The highest BCUT2D eigenvalue weighted by Gasteiger charge is 2.23. The van der Waals surface area contributed by atoms with Crippen LogP contribution in [0.2, 0.25) is 5.02 Å². The summed E-state index contributed by atoms with van der Waals surface area (Å²) >= 11 is 7.32. The van der Waals surface area contributed by atoms with Gasteiger partial charge in [0.15, 0.2) is 5.78 Å². The predicted octanol–water partition coefficient (Wildman–Crippen LogP) is 5.49. The van der Waals surface area contributed by atoms with Crippen LogP contribution in [0, 0.1) is 13.8 Å². The summed E-state index contributed by atoms with van der Waals surface area (Å²) in [5, 5.41) is 4.03. The van der Waals surface area contributed by atoms with E-state index in [1.54, 1.807) is 24.3 Å². The lowest BCUT2D eigenvalue weighted by atomic mass is 10.0. The Bertz CT molecular complexity index is 799. The number of nitrogens with two attached hydrogens (primary N) is 1. The SMILES string of the molecule is CCCCCC[C@@H](N)C(=O)Nc1sc(C)c(C)c1C(=O)c1ccc(Cl)cc1. The number of ketones is 1. The molecule has 0 aliphatic heterocycles. The molecular weight excluding hydrogens is 380 g/mol. The molecule has 2 aromatic rings. The first-order chi connectivity index (χ1) is 12.8. The smallest absolute Gasteiger partial charge is 0.241 e. The minimum atomic E-state index is -0.567. The monoisotopic (exact) mass is 406 g/mol. The number of hydrogen-bond donors (Lipinski definition) is 2. The van der Waals surface area contributed by atoms with Crippen molar-refractivity contribution in [2.45, 2.75) is 58.9 Å². The predicted molar refractivity (Wildman–Crippen MR) is 114 cm³/mol. The van der Waals surface area contributed by atoms with Crippen molar-refractivity contribution in [2.24, 2.45) is 5.73 Å². The molecule has 0 bridgehead atoms. The van der Waals surface area contributed by atoms with Gasteiger partial charge in [-0.25, -0.2) is 0 Å². The molecule has 146 valence electrons. The van der Waals surface area contributed by atoms with Gasteiger partial charge in [-0.3, -0.25) is 9.59 Å². The minimum Gasteiger partial charge on any atom is -0.320 e. The summed E-state index contributed by atoms with van der Waals surface area (Å²) in [7, 11) is 0. The van der Waals surface area contributed by atoms with Crippen molar-refractivity contribution in [1.29, 1.82) is 0 Å². The second-order valence-electron chi connectivity index (χ2n) is 6.77. The second-order valence-corrected chi connectivity index (χ2v) is 8.43. The molecule has 27 heavy (non-hydrogen) atoms. The fourth-order valence-corrected chi connectivity index (χ4v) is 4.05. The Morgan fingerprint density at radius 1 is 1.15 bits per heavy atom. The molecule has 3 N–H and O–H groups in total. The molecule has 1 aromatic heterocycles. The van der Waals surface area contributed by atoms with E-state index in [0.717, 1.165) is 36.1 Å². The molecule has 1 aromatic carbocycles. The lowest BCUT2D eigenvalue weighted by Crippen LogP contribution is -2.35. The number of thiophene rings is 1. The molecule has 1 amide bonds. The van der Waals surface area contributed by atoms with Gasteiger partial charge in [-0.1, -0.05) is 44.2 Å². The average Bonchev–Trinajstić information content (AvgIpc) is 2.92. The van der Waals surface area contributed by atoms with Gasteiger partial charge in [0, 0.05) is 15.5 Å². The Labute approximate surface area is 170 Å². The number of anilines is 1. The van der Waals surface area contributed by atoms with Gasteiger partial charge in [-0.05, 0) is 50.1 Å². The summed E-state index contributed by atoms with van der Waals surface area (Å²) in [5.41, 5.74) is 8.00. The van der Waals surface area contributed by atoms with Crippen LogP contribution in [0.25, 0.3) is 0 Å². The molecule has 2 rings (SSSR count). The first-order valence-corrected chi connectivity index (χ1v) is 10.5. The molecular formula is C21H27ClN2O2S. The summed E-state index contributed by atoms with van der Waals surface area (Å²) in [6.07, 6.45) is 4.95. The first kappa shape index (κ1) is 21.6. The lowest BCUT2D eigenvalue weighted by Gasteiger charge is -2.12. The van der Waals surface area contributed by atoms with Crippen molar-refractivity contribution in [2.75, 3.05) is 5.32 Å². The van der Waals surface area contributed by atoms with Crippen molar-refractivity contribution < 1.29 is 9.59 Å². The van der Waals surface area contributed by atoms with Crippen molar-refractivity contribution in [3.8, 4) is 0 Å². The molecule has 0 spiro atoms. The number of nitrogens with one attached hydrogen (secondary N) is 1. The van der Waals surface area contributed by atoms with Crippen molar-refractivity contribution in [1.82, 2.24) is 0 Å². The number of halogens is 1. The lowest BCUT2D eigenvalue weighted by molar-refractivity contribution is -0.117. The molecule has 0 radical (unpaired) electrons. The van der Waals surface area contributed by atoms with Gasteiger partial charge >= 0.3 is 0 Å². The Balaban J connectivity index is 2.16. The highest BCUT2D eigenvalue weighted by molar-refractivity contribution is 7.16. The standard InChI is InChI=1S/C21H27ClN2O2S/c1-4-5-6-7-8-17(23)20(26)24-21-18(13(2)14(3)27-21)19(25)15-9-11-16(22)12-10-15/h9-12,17H,4-8,23H2,1-3H3,(H,24,26)/t17-/m1/s1. The largest absolute Gasteiger partial charge is 0.320 e. The third-order valence-electron chi connectivity index (χ3n) is 4.66. The Kier molecular flexibility index (Phi) is 8.02. The van der Waals surface area contributed by atoms with E-state index < -0.39 is 6.04 Å². The molecule has 0 aliphatic rings. The zero-order valence-electron chi connectivity index (χ0n) is 16.1. The number of aryl methyl sites for hydroxylation is 1. The van der Waals surface area contributed by atoms with E-state index in [2.05, 4.69) is 12.2 Å². The van der Waals surface area contributed by atoms with Crippen LogP contribution >= 0.6 is 22.9 Å². The van der Waals surface area contributed by atoms with Crippen LogP contribution in [-0.4, -0.2) is 17.7 Å². The van der Waals surface area contributed by atoms with E-state index >= 15 is 0 Å². The summed E-state index contributed by atoms with van der Waals surface area (Å²) in [6, 6.07) is 6.20. The molecule has 6 heteroatoms. The molecule has 1 heterocycles. The number of carbonyl (C=O) groups is 2. The van der Waals surface area contributed by atoms with E-state index in [1.165, 1.54) is 11.3 Å². The van der Waals surface area contributed by atoms with Crippen LogP contribution in [0.15, 0.2) is 24.3 Å². The van der Waals surface area contributed by atoms with E-state index in [1.807, 2.05) is 13.8 Å². The van der Waals surface area contributed by atoms with Crippen LogP contribution < -0.4 is 11.1 Å². The van der Waals surface area contributed by atoms with Crippen LogP contribution in [0.5, 0.6) is 0 Å². The first-order valence-electron chi connectivity index (χ1n) is 9.31. The zero-order valence-corrected chi connectivity index (χ0v) is 17.7. The normalized spacial score (nSPS) is 12.0. The summed E-state index contributed by atoms with van der Waals surface area (Å²) in [5.74, 6) is -0.363. The van der Waals surface area contributed by atoms with Gasteiger partial charge in [0.1, 0.15) is 5.00 Å². The maximum Gasteiger partial charge on any atom is 0.241 e. The molecule has 1 atom stereocenters. The van der Waals surface area contributed by atoms with Crippen LogP contribution in [0.1, 0.15) is 65.4 Å². The van der Waals surface area contributed by atoms with Crippen LogP contribution in [0.4, 0.5) is 5.00 Å². The summed E-state index contributed by atoms with van der Waals surface area (Å²) < 4.78 is 0. The van der Waals surface area contributed by atoms with Gasteiger partial charge in [0.2, 0.25) is 5.91 Å². The van der Waals surface area contributed by atoms with E-state index in [-0.39, 0.29) is 11.7 Å². The number of unbranched alkanes of at least 4 members (excludes halogenated alkanes) is 3. The second kappa shape index (κ2) is 10.0. The number of rotatable bonds is 9. The van der Waals surface area contributed by atoms with Crippen LogP contribution in [-0.2, 0) is 4.79 Å². The van der Waals surface area contributed by atoms with Gasteiger partial charge in [0.25, 0.3) is 0 Å². The maximum absolute atomic E-state index is 13.0. The van der Waals surface area contributed by atoms with Gasteiger partial charge in [-0.2, -0.15) is 0 Å². The molecule has 0 saturated carbocycles. The number of hydrogen-bond acceptors (Lipinski definition) is 4. The van der Waals surface area contributed by atoms with Crippen molar-refractivity contribution in [3.05, 3.63) is 50.9 Å². The third-order valence-corrected chi connectivity index (χ3v) is 6.04. The Hall–Kier alpha value is -1.69. The highest BCUT2D eigenvalue weighted by atomic mass is 35.5. The average molecular weight is 407 g/mol. The number of amides is 1. The molecule has 4 nitrogen and oxygen atoms in total. The minimum absolute atomic E-state index is 0.125. The fourth-order valence-electron chi connectivity index (χ4n) is 2.86. The van der Waals surface area contributed by atoms with Gasteiger partial charge < -0.3 is 11.1 Å². The topological polar surface area (TPSA) is 72.2 Å². The van der Waals surface area contributed by atoms with E-state index in [9.17, 15) is 9.59 Å². The number of carbonyl (C=O) groups excluding carboxylic acids is 2. The molecule has 0 fully saturated rings. The molecule has 0 saturated heterocycles. The highest BCUT2D eigenvalue weighted by Crippen LogP contribution is 2.34. The molecule has 0 aliphatic carbocycles. The van der Waals surface area contributed by atoms with Crippen molar-refractivity contribution in [3.63, 3.8) is 0 Å². The van der Waals surface area contributed by atoms with Gasteiger partial charge in [-0.15, -0.1) is 11.3 Å². The van der Waals surface area contributed by atoms with Crippen molar-refractivity contribution >= 4 is 39.6 Å². The van der Waals surface area contributed by atoms with Gasteiger partial charge in [0.05, 0.1) is 11.6 Å². The maximum atomic E-state index is 13.0. The Morgan fingerprint density at radius 3 is 2.44 bits per heavy atom. The quantitative estimate of drug-likeness (QED) is 0.427. The third kappa shape index (κ3) is 5.64. The van der Waals surface area contributed by atoms with E-state index in [0.29, 0.717) is 27.6 Å². The summed E-state index contributed by atoms with van der Waals surface area (Å²) in [6.45, 7) is 5.99. The number of benzene rings is 1.